The molecule has 3 nitrogen and oxygen atoms in total. The monoisotopic (exact) mass is 270 g/mol. The van der Waals surface area contributed by atoms with Crippen LogP contribution in [0.1, 0.15) is 32.6 Å². The Bertz CT molecular complexity index is 493. The molecule has 0 radical (unpaired) electrons. The molecule has 1 aromatic rings. The van der Waals surface area contributed by atoms with Crippen LogP contribution in [0.25, 0.3) is 0 Å². The van der Waals surface area contributed by atoms with Crippen LogP contribution < -0.4 is 5.01 Å². The molecule has 1 aromatic carbocycles. The van der Waals surface area contributed by atoms with E-state index in [1.54, 1.807) is 11.9 Å². The van der Waals surface area contributed by atoms with Crippen molar-refractivity contribution in [2.45, 2.75) is 32.6 Å². The Kier molecular flexibility index (Phi) is 4.99. The summed E-state index contributed by atoms with van der Waals surface area (Å²) in [6.45, 7) is 6.05. The van der Waals surface area contributed by atoms with Gasteiger partial charge >= 0.3 is 0 Å². The van der Waals surface area contributed by atoms with Crippen LogP contribution in [0.5, 0.6) is 0 Å². The third-order valence-corrected chi connectivity index (χ3v) is 3.44. The average Bonchev–Trinajstić information content (AvgIpc) is 2.48. The minimum atomic E-state index is 0.0452. The van der Waals surface area contributed by atoms with Gasteiger partial charge in [-0.3, -0.25) is 9.80 Å². The predicted molar refractivity (Wildman–Crippen MR) is 83.1 cm³/mol. The van der Waals surface area contributed by atoms with Crippen molar-refractivity contribution in [3.63, 3.8) is 0 Å². The molecule has 0 aromatic heterocycles. The van der Waals surface area contributed by atoms with Gasteiger partial charge in [0.25, 0.3) is 0 Å². The number of carbonyl (C=O) groups excluding carboxylic acids is 1. The second kappa shape index (κ2) is 6.94. The Morgan fingerprint density at radius 1 is 1.30 bits per heavy atom. The lowest BCUT2D eigenvalue weighted by Gasteiger charge is -2.37. The van der Waals surface area contributed by atoms with Gasteiger partial charge in [0.1, 0.15) is 0 Å². The first-order valence-corrected chi connectivity index (χ1v) is 7.17. The van der Waals surface area contributed by atoms with Gasteiger partial charge in [-0.2, -0.15) is 0 Å². The zero-order valence-corrected chi connectivity index (χ0v) is 12.1. The molecule has 0 atom stereocenters. The third kappa shape index (κ3) is 3.29. The summed E-state index contributed by atoms with van der Waals surface area (Å²) >= 11 is 0. The largest absolute Gasteiger partial charge is 0.275 e. The molecule has 106 valence electrons. The topological polar surface area (TPSA) is 23.6 Å². The minimum Gasteiger partial charge on any atom is -0.275 e. The van der Waals surface area contributed by atoms with Crippen molar-refractivity contribution in [1.82, 2.24) is 5.01 Å². The maximum absolute atomic E-state index is 12.1. The van der Waals surface area contributed by atoms with E-state index < -0.39 is 0 Å². The summed E-state index contributed by atoms with van der Waals surface area (Å²) in [7, 11) is 0. The summed E-state index contributed by atoms with van der Waals surface area (Å²) in [5.74, 6) is 0.0452. The van der Waals surface area contributed by atoms with Gasteiger partial charge in [-0.15, -0.1) is 6.58 Å². The lowest BCUT2D eigenvalue weighted by molar-refractivity contribution is -0.127. The number of hydrogen-bond acceptors (Lipinski definition) is 2. The van der Waals surface area contributed by atoms with E-state index in [1.807, 2.05) is 41.4 Å². The molecule has 20 heavy (non-hydrogen) atoms. The highest BCUT2D eigenvalue weighted by atomic mass is 16.2. The molecule has 0 heterocycles. The molecule has 2 rings (SSSR count). The smallest absolute Gasteiger partial charge is 0.242 e. The summed E-state index contributed by atoms with van der Waals surface area (Å²) in [6.07, 6.45) is 8.38. The zero-order chi connectivity index (χ0) is 14.4. The van der Waals surface area contributed by atoms with E-state index in [0.29, 0.717) is 6.54 Å². The number of hydrazine groups is 1. The van der Waals surface area contributed by atoms with Gasteiger partial charge in [-0.1, -0.05) is 30.4 Å². The van der Waals surface area contributed by atoms with E-state index in [0.717, 1.165) is 30.6 Å². The fraction of sp³-hybridized carbons (Fsp3) is 0.353. The van der Waals surface area contributed by atoms with Crippen LogP contribution in [0.3, 0.4) is 0 Å². The first-order valence-electron chi connectivity index (χ1n) is 7.17. The number of hydrogen-bond donors (Lipinski definition) is 0. The lowest BCUT2D eigenvalue weighted by atomic mass is 10.0. The highest BCUT2D eigenvalue weighted by Crippen LogP contribution is 2.26. The van der Waals surface area contributed by atoms with Crippen molar-refractivity contribution in [3.05, 3.63) is 54.8 Å². The van der Waals surface area contributed by atoms with E-state index in [9.17, 15) is 4.79 Å². The number of para-hydroxylation sites is 1. The van der Waals surface area contributed by atoms with Gasteiger partial charge in [0.15, 0.2) is 0 Å². The van der Waals surface area contributed by atoms with Gasteiger partial charge in [0, 0.05) is 12.6 Å². The second-order valence-corrected chi connectivity index (χ2v) is 4.98. The lowest BCUT2D eigenvalue weighted by Crippen LogP contribution is -2.45. The molecule has 0 fully saturated rings. The first-order chi connectivity index (χ1) is 9.74. The summed E-state index contributed by atoms with van der Waals surface area (Å²) in [5.41, 5.74) is 2.11. The predicted octanol–water partition coefficient (Wildman–Crippen LogP) is 3.90. The van der Waals surface area contributed by atoms with Crippen LogP contribution >= 0.6 is 0 Å². The summed E-state index contributed by atoms with van der Waals surface area (Å²) in [5, 5.41) is 3.79. The molecular weight excluding hydrogens is 248 g/mol. The molecule has 0 N–H and O–H groups in total. The Balaban J connectivity index is 2.35. The van der Waals surface area contributed by atoms with Gasteiger partial charge in [-0.25, -0.2) is 5.01 Å². The first kappa shape index (κ1) is 14.4. The van der Waals surface area contributed by atoms with Gasteiger partial charge in [-0.05, 0) is 37.8 Å². The van der Waals surface area contributed by atoms with Crippen molar-refractivity contribution in [2.24, 2.45) is 0 Å². The molecule has 0 spiro atoms. The fourth-order valence-corrected chi connectivity index (χ4v) is 2.57. The Labute approximate surface area is 121 Å². The molecule has 0 saturated heterocycles. The van der Waals surface area contributed by atoms with Crippen LogP contribution in [0.4, 0.5) is 5.69 Å². The Hall–Kier alpha value is -2.03. The molecule has 3 heteroatoms. The highest BCUT2D eigenvalue weighted by Gasteiger charge is 2.22. The summed E-state index contributed by atoms with van der Waals surface area (Å²) in [4.78, 5) is 12.1. The van der Waals surface area contributed by atoms with Crippen molar-refractivity contribution in [3.8, 4) is 0 Å². The highest BCUT2D eigenvalue weighted by molar-refractivity contribution is 5.77. The van der Waals surface area contributed by atoms with E-state index >= 15 is 0 Å². The van der Waals surface area contributed by atoms with Gasteiger partial charge in [0.2, 0.25) is 5.91 Å². The van der Waals surface area contributed by atoms with Crippen LogP contribution in [-0.4, -0.2) is 17.5 Å². The van der Waals surface area contributed by atoms with Crippen molar-refractivity contribution in [2.75, 3.05) is 11.6 Å². The number of amides is 1. The normalized spacial score (nSPS) is 14.3. The standard InChI is InChI=1S/C17H22N2O/c1-3-14-18(16-10-6-4-7-11-16)19(15(2)20)17-12-8-5-9-13-17/h3-4,6-7,10-12H,1,5,8-9,13-14H2,2H3. The van der Waals surface area contributed by atoms with E-state index in [4.69, 9.17) is 0 Å². The second-order valence-electron chi connectivity index (χ2n) is 4.98. The molecule has 0 saturated carbocycles. The molecular formula is C17H22N2O. The molecule has 0 unspecified atom stereocenters. The number of rotatable bonds is 5. The minimum absolute atomic E-state index is 0.0452. The van der Waals surface area contributed by atoms with E-state index in [-0.39, 0.29) is 5.91 Å². The van der Waals surface area contributed by atoms with Crippen molar-refractivity contribution in [1.29, 1.82) is 0 Å². The average molecular weight is 270 g/mol. The molecule has 1 amide bonds. The molecule has 1 aliphatic rings. The summed E-state index contributed by atoms with van der Waals surface area (Å²) < 4.78 is 0. The maximum Gasteiger partial charge on any atom is 0.242 e. The SMILES string of the molecule is C=CCN(c1ccccc1)N(C(C)=O)C1=CCCCC1. The quantitative estimate of drug-likeness (QED) is 0.598. The fourth-order valence-electron chi connectivity index (χ4n) is 2.57. The molecule has 0 aliphatic heterocycles. The Morgan fingerprint density at radius 2 is 2.05 bits per heavy atom. The number of carbonyl (C=O) groups is 1. The summed E-state index contributed by atoms with van der Waals surface area (Å²) in [6, 6.07) is 9.98. The molecule has 1 aliphatic carbocycles. The van der Waals surface area contributed by atoms with Crippen molar-refractivity contribution < 1.29 is 4.79 Å². The van der Waals surface area contributed by atoms with E-state index in [2.05, 4.69) is 12.7 Å². The number of nitrogens with zero attached hydrogens (tertiary/aromatic N) is 2. The van der Waals surface area contributed by atoms with Crippen LogP contribution in [0.2, 0.25) is 0 Å². The van der Waals surface area contributed by atoms with Crippen LogP contribution in [0.15, 0.2) is 54.8 Å². The number of benzene rings is 1. The van der Waals surface area contributed by atoms with E-state index in [1.165, 1.54) is 6.42 Å². The molecule has 0 bridgehead atoms. The van der Waals surface area contributed by atoms with Gasteiger partial charge < -0.3 is 0 Å². The maximum atomic E-state index is 12.1. The number of anilines is 1. The van der Waals surface area contributed by atoms with Gasteiger partial charge in [0.05, 0.1) is 12.2 Å². The Morgan fingerprint density at radius 3 is 2.60 bits per heavy atom. The zero-order valence-electron chi connectivity index (χ0n) is 12.1. The number of allylic oxidation sites excluding steroid dienone is 2. The third-order valence-electron chi connectivity index (χ3n) is 3.44. The van der Waals surface area contributed by atoms with Crippen LogP contribution in [-0.2, 0) is 4.79 Å². The van der Waals surface area contributed by atoms with Crippen LogP contribution in [0, 0.1) is 0 Å². The van der Waals surface area contributed by atoms with Crippen molar-refractivity contribution >= 4 is 11.6 Å².